The van der Waals surface area contributed by atoms with Gasteiger partial charge in [-0.25, -0.2) is 19.6 Å². The Bertz CT molecular complexity index is 1070. The molecule has 0 bridgehead atoms. The third kappa shape index (κ3) is 5.53. The standard InChI is InChI=1S/C23H33F2N9/c1-22(2)9-15(10-23(3,4)33-22)30-20-17(24)11-28-21(32-20)31-14-7-16(13-5-6-13)19(25)18(8-14)34(27)12-29-26/h7-8,11-13,15,33H,5-6,9-10,26-27H2,1-4H3,(H2,28,30,31,32)/b29-12-. The minimum Gasteiger partial charge on any atom is -0.365 e. The van der Waals surface area contributed by atoms with E-state index in [9.17, 15) is 4.39 Å². The first-order chi connectivity index (χ1) is 16.0. The number of nitrogens with one attached hydrogen (secondary N) is 3. The summed E-state index contributed by atoms with van der Waals surface area (Å²) in [5.74, 6) is 10.5. The van der Waals surface area contributed by atoms with Gasteiger partial charge in [-0.2, -0.15) is 10.1 Å². The molecule has 2 heterocycles. The molecule has 1 aromatic carbocycles. The van der Waals surface area contributed by atoms with E-state index < -0.39 is 11.6 Å². The predicted molar refractivity (Wildman–Crippen MR) is 131 cm³/mol. The smallest absolute Gasteiger partial charge is 0.229 e. The number of hydrazine groups is 1. The van der Waals surface area contributed by atoms with Crippen molar-refractivity contribution < 1.29 is 8.78 Å². The maximum atomic E-state index is 15.0. The number of rotatable bonds is 7. The third-order valence-corrected chi connectivity index (χ3v) is 6.10. The van der Waals surface area contributed by atoms with Crippen LogP contribution in [0.3, 0.4) is 0 Å². The zero-order valence-electron chi connectivity index (χ0n) is 20.0. The second-order valence-corrected chi connectivity index (χ2v) is 10.5. The quantitative estimate of drug-likeness (QED) is 0.178. The fraction of sp³-hybridized carbons (Fsp3) is 0.522. The number of halogens is 2. The van der Waals surface area contributed by atoms with E-state index >= 15 is 4.39 Å². The Hall–Kier alpha value is -3.05. The molecule has 1 aliphatic heterocycles. The summed E-state index contributed by atoms with van der Waals surface area (Å²) in [6.07, 6.45) is 5.67. The molecule has 0 unspecified atom stereocenters. The summed E-state index contributed by atoms with van der Waals surface area (Å²) in [6.45, 7) is 8.52. The van der Waals surface area contributed by atoms with E-state index in [1.807, 2.05) is 0 Å². The second-order valence-electron chi connectivity index (χ2n) is 10.5. The van der Waals surface area contributed by atoms with Gasteiger partial charge in [0.1, 0.15) is 6.34 Å². The summed E-state index contributed by atoms with van der Waals surface area (Å²) >= 11 is 0. The van der Waals surface area contributed by atoms with Crippen LogP contribution in [-0.2, 0) is 0 Å². The molecule has 0 amide bonds. The summed E-state index contributed by atoms with van der Waals surface area (Å²) in [5.41, 5.74) is 0.977. The molecule has 1 saturated heterocycles. The molecular formula is C23H33F2N9. The van der Waals surface area contributed by atoms with Crippen molar-refractivity contribution in [2.24, 2.45) is 16.8 Å². The fourth-order valence-electron chi connectivity index (χ4n) is 4.99. The summed E-state index contributed by atoms with van der Waals surface area (Å²) in [4.78, 5) is 8.44. The fourth-order valence-corrected chi connectivity index (χ4v) is 4.99. The van der Waals surface area contributed by atoms with E-state index in [2.05, 4.69) is 58.7 Å². The molecule has 34 heavy (non-hydrogen) atoms. The van der Waals surface area contributed by atoms with Crippen LogP contribution in [0.5, 0.6) is 0 Å². The lowest BCUT2D eigenvalue weighted by molar-refractivity contribution is 0.170. The molecule has 1 saturated carbocycles. The average Bonchev–Trinajstić information content (AvgIpc) is 3.54. The van der Waals surface area contributed by atoms with Gasteiger partial charge in [0.2, 0.25) is 5.95 Å². The summed E-state index contributed by atoms with van der Waals surface area (Å²) < 4.78 is 29.6. The Morgan fingerprint density at radius 2 is 1.85 bits per heavy atom. The number of nitrogens with zero attached hydrogens (tertiary/aromatic N) is 4. The first kappa shape index (κ1) is 24.1. The molecular weight excluding hydrogens is 440 g/mol. The summed E-state index contributed by atoms with van der Waals surface area (Å²) in [6, 6.07) is 3.26. The summed E-state index contributed by atoms with van der Waals surface area (Å²) in [7, 11) is 0. The number of anilines is 4. The molecule has 7 N–H and O–H groups in total. The molecule has 0 radical (unpaired) electrons. The van der Waals surface area contributed by atoms with Crippen molar-refractivity contribution in [3.8, 4) is 0 Å². The van der Waals surface area contributed by atoms with Crippen molar-refractivity contribution in [3.05, 3.63) is 35.5 Å². The minimum absolute atomic E-state index is 0.0312. The molecule has 4 rings (SSSR count). The largest absolute Gasteiger partial charge is 0.365 e. The Labute approximate surface area is 198 Å². The highest BCUT2D eigenvalue weighted by atomic mass is 19.1. The molecule has 2 aromatic rings. The lowest BCUT2D eigenvalue weighted by atomic mass is 9.79. The number of hydrogen-bond acceptors (Lipinski definition) is 8. The van der Waals surface area contributed by atoms with Crippen LogP contribution in [-0.4, -0.2) is 33.4 Å². The first-order valence-corrected chi connectivity index (χ1v) is 11.4. The zero-order valence-corrected chi connectivity index (χ0v) is 20.0. The molecule has 0 spiro atoms. The number of hydrazone groups is 1. The van der Waals surface area contributed by atoms with E-state index in [1.54, 1.807) is 6.07 Å². The average molecular weight is 474 g/mol. The lowest BCUT2D eigenvalue weighted by Gasteiger charge is -2.46. The van der Waals surface area contributed by atoms with Crippen molar-refractivity contribution in [1.82, 2.24) is 15.3 Å². The van der Waals surface area contributed by atoms with Gasteiger partial charge in [0, 0.05) is 22.8 Å². The molecule has 1 aliphatic carbocycles. The van der Waals surface area contributed by atoms with E-state index in [4.69, 9.17) is 11.7 Å². The first-order valence-electron chi connectivity index (χ1n) is 11.4. The third-order valence-electron chi connectivity index (χ3n) is 6.10. The lowest BCUT2D eigenvalue weighted by Crippen LogP contribution is -2.60. The van der Waals surface area contributed by atoms with Crippen LogP contribution in [0.25, 0.3) is 0 Å². The van der Waals surface area contributed by atoms with Crippen LogP contribution in [0, 0.1) is 11.6 Å². The van der Waals surface area contributed by atoms with Crippen LogP contribution < -0.4 is 32.6 Å². The van der Waals surface area contributed by atoms with Gasteiger partial charge >= 0.3 is 0 Å². The highest BCUT2D eigenvalue weighted by Gasteiger charge is 2.38. The molecule has 11 heteroatoms. The van der Waals surface area contributed by atoms with Gasteiger partial charge in [-0.1, -0.05) is 0 Å². The molecule has 1 aromatic heterocycles. The Balaban J connectivity index is 1.59. The molecule has 0 atom stereocenters. The van der Waals surface area contributed by atoms with Crippen molar-refractivity contribution in [2.75, 3.05) is 15.6 Å². The van der Waals surface area contributed by atoms with Crippen molar-refractivity contribution in [3.63, 3.8) is 0 Å². The number of hydrogen-bond donors (Lipinski definition) is 5. The number of aromatic nitrogens is 2. The number of benzene rings is 1. The number of nitrogens with two attached hydrogens (primary N) is 2. The number of piperidine rings is 1. The van der Waals surface area contributed by atoms with Gasteiger partial charge in [0.25, 0.3) is 0 Å². The van der Waals surface area contributed by atoms with Gasteiger partial charge in [0.05, 0.1) is 11.9 Å². The van der Waals surface area contributed by atoms with E-state index in [-0.39, 0.29) is 40.5 Å². The monoisotopic (exact) mass is 473 g/mol. The van der Waals surface area contributed by atoms with Gasteiger partial charge < -0.3 is 21.8 Å². The van der Waals surface area contributed by atoms with Gasteiger partial charge in [-0.3, -0.25) is 5.01 Å². The minimum atomic E-state index is -0.537. The topological polar surface area (TPSA) is 130 Å². The van der Waals surface area contributed by atoms with Gasteiger partial charge in [0.15, 0.2) is 17.5 Å². The SMILES string of the molecule is CC1(C)CC(Nc2nc(Nc3cc(C4CC4)c(F)c(N(N)/C=N\N)c3)ncc2F)CC(C)(C)N1. The maximum absolute atomic E-state index is 15.0. The van der Waals surface area contributed by atoms with Crippen molar-refractivity contribution >= 4 is 29.5 Å². The van der Waals surface area contributed by atoms with Crippen LogP contribution in [0.1, 0.15) is 64.9 Å². The van der Waals surface area contributed by atoms with E-state index in [0.717, 1.165) is 43.2 Å². The van der Waals surface area contributed by atoms with Gasteiger partial charge in [-0.05, 0) is 77.0 Å². The van der Waals surface area contributed by atoms with E-state index in [0.29, 0.717) is 11.3 Å². The molecule has 184 valence electrons. The van der Waals surface area contributed by atoms with Crippen LogP contribution in [0.2, 0.25) is 0 Å². The van der Waals surface area contributed by atoms with Crippen LogP contribution in [0.15, 0.2) is 23.4 Å². The Kier molecular flexibility index (Phi) is 6.34. The second kappa shape index (κ2) is 8.95. The highest BCUT2D eigenvalue weighted by molar-refractivity contribution is 5.80. The van der Waals surface area contributed by atoms with E-state index in [1.165, 1.54) is 6.07 Å². The molecule has 2 fully saturated rings. The van der Waals surface area contributed by atoms with Gasteiger partial charge in [-0.15, -0.1) is 0 Å². The van der Waals surface area contributed by atoms with Crippen molar-refractivity contribution in [2.45, 2.75) is 76.4 Å². The Morgan fingerprint density at radius 1 is 1.18 bits per heavy atom. The highest BCUT2D eigenvalue weighted by Crippen LogP contribution is 2.44. The van der Waals surface area contributed by atoms with Crippen LogP contribution in [0.4, 0.5) is 31.9 Å². The van der Waals surface area contributed by atoms with Crippen LogP contribution >= 0.6 is 0 Å². The van der Waals surface area contributed by atoms with Crippen molar-refractivity contribution in [1.29, 1.82) is 0 Å². The maximum Gasteiger partial charge on any atom is 0.229 e. The molecule has 2 aliphatic rings. The predicted octanol–water partition coefficient (Wildman–Crippen LogP) is 3.68. The zero-order chi connectivity index (χ0) is 24.7. The Morgan fingerprint density at radius 3 is 2.47 bits per heavy atom. The normalized spacial score (nSPS) is 19.9. The molecule has 9 nitrogen and oxygen atoms in total. The summed E-state index contributed by atoms with van der Waals surface area (Å²) in [5, 5.41) is 14.3.